The zero-order valence-electron chi connectivity index (χ0n) is 11.9. The van der Waals surface area contributed by atoms with Crippen molar-refractivity contribution >= 4 is 5.84 Å². The second-order valence-electron chi connectivity index (χ2n) is 5.31. The van der Waals surface area contributed by atoms with E-state index >= 15 is 0 Å². The van der Waals surface area contributed by atoms with Crippen LogP contribution in [0.15, 0.2) is 23.4 Å². The zero-order chi connectivity index (χ0) is 14.6. The van der Waals surface area contributed by atoms with Crippen molar-refractivity contribution < 1.29 is 9.60 Å². The Balaban J connectivity index is 2.93. The SMILES string of the molecule is CCC(C)(C)N(C)Cc1ccc(C(N)=NO)cc1F. The van der Waals surface area contributed by atoms with Crippen molar-refractivity contribution in [3.63, 3.8) is 0 Å². The Kier molecular flexibility index (Phi) is 4.89. The lowest BCUT2D eigenvalue weighted by Gasteiger charge is -2.35. The minimum atomic E-state index is -0.345. The van der Waals surface area contributed by atoms with Crippen molar-refractivity contribution in [2.75, 3.05) is 7.05 Å². The van der Waals surface area contributed by atoms with E-state index in [9.17, 15) is 4.39 Å². The molecule has 1 aromatic carbocycles. The first-order chi connectivity index (χ1) is 8.81. The summed E-state index contributed by atoms with van der Waals surface area (Å²) in [6, 6.07) is 4.61. The molecule has 3 N–H and O–H groups in total. The topological polar surface area (TPSA) is 61.8 Å². The highest BCUT2D eigenvalue weighted by atomic mass is 19.1. The Morgan fingerprint density at radius 2 is 2.11 bits per heavy atom. The lowest BCUT2D eigenvalue weighted by Crippen LogP contribution is -2.40. The molecule has 0 spiro atoms. The van der Waals surface area contributed by atoms with Gasteiger partial charge < -0.3 is 10.9 Å². The van der Waals surface area contributed by atoms with Crippen LogP contribution in [0.1, 0.15) is 38.3 Å². The van der Waals surface area contributed by atoms with Crippen molar-refractivity contribution in [3.05, 3.63) is 35.1 Å². The van der Waals surface area contributed by atoms with Crippen LogP contribution in [0.4, 0.5) is 4.39 Å². The maximum atomic E-state index is 14.0. The van der Waals surface area contributed by atoms with Crippen molar-refractivity contribution in [1.29, 1.82) is 0 Å². The molecule has 0 saturated carbocycles. The minimum absolute atomic E-state index is 0.0106. The van der Waals surface area contributed by atoms with Crippen molar-refractivity contribution in [2.24, 2.45) is 10.9 Å². The molecular formula is C14H22FN3O. The molecule has 106 valence electrons. The Morgan fingerprint density at radius 1 is 1.47 bits per heavy atom. The summed E-state index contributed by atoms with van der Waals surface area (Å²) in [6.45, 7) is 6.86. The van der Waals surface area contributed by atoms with E-state index in [-0.39, 0.29) is 17.2 Å². The van der Waals surface area contributed by atoms with Gasteiger partial charge in [-0.05, 0) is 33.4 Å². The molecule has 4 nitrogen and oxygen atoms in total. The van der Waals surface area contributed by atoms with Crippen LogP contribution < -0.4 is 5.73 Å². The van der Waals surface area contributed by atoms with Gasteiger partial charge >= 0.3 is 0 Å². The van der Waals surface area contributed by atoms with Crippen LogP contribution in [0, 0.1) is 5.82 Å². The third kappa shape index (κ3) is 3.67. The molecule has 0 bridgehead atoms. The van der Waals surface area contributed by atoms with E-state index in [0.29, 0.717) is 17.7 Å². The second kappa shape index (κ2) is 6.02. The van der Waals surface area contributed by atoms with Gasteiger partial charge in [-0.15, -0.1) is 0 Å². The van der Waals surface area contributed by atoms with Crippen molar-refractivity contribution in [3.8, 4) is 0 Å². The highest BCUT2D eigenvalue weighted by Gasteiger charge is 2.22. The predicted molar refractivity (Wildman–Crippen MR) is 74.7 cm³/mol. The average molecular weight is 267 g/mol. The number of hydrogen-bond acceptors (Lipinski definition) is 3. The fraction of sp³-hybridized carbons (Fsp3) is 0.500. The molecule has 0 atom stereocenters. The van der Waals surface area contributed by atoms with Gasteiger partial charge in [0.25, 0.3) is 0 Å². The van der Waals surface area contributed by atoms with Gasteiger partial charge in [-0.3, -0.25) is 4.90 Å². The normalized spacial score (nSPS) is 13.1. The average Bonchev–Trinajstić information content (AvgIpc) is 2.39. The lowest BCUT2D eigenvalue weighted by atomic mass is 9.99. The molecule has 1 aromatic rings. The summed E-state index contributed by atoms with van der Waals surface area (Å²) >= 11 is 0. The number of halogens is 1. The number of nitrogens with zero attached hydrogens (tertiary/aromatic N) is 2. The number of rotatable bonds is 5. The van der Waals surface area contributed by atoms with Gasteiger partial charge in [-0.1, -0.05) is 24.2 Å². The summed E-state index contributed by atoms with van der Waals surface area (Å²) in [5.74, 6) is -0.435. The number of amidine groups is 1. The van der Waals surface area contributed by atoms with E-state index in [2.05, 4.69) is 30.8 Å². The maximum absolute atomic E-state index is 14.0. The number of hydrogen-bond donors (Lipinski definition) is 2. The largest absolute Gasteiger partial charge is 0.409 e. The Hall–Kier alpha value is -1.62. The molecule has 0 saturated heterocycles. The molecule has 0 aromatic heterocycles. The van der Waals surface area contributed by atoms with Gasteiger partial charge in [0.2, 0.25) is 0 Å². The van der Waals surface area contributed by atoms with Gasteiger partial charge in [0.15, 0.2) is 5.84 Å². The van der Waals surface area contributed by atoms with Crippen molar-refractivity contribution in [2.45, 2.75) is 39.3 Å². The molecule has 0 aliphatic carbocycles. The number of nitrogens with two attached hydrogens (primary N) is 1. The van der Waals surface area contributed by atoms with E-state index in [4.69, 9.17) is 10.9 Å². The van der Waals surface area contributed by atoms with E-state index in [1.807, 2.05) is 7.05 Å². The van der Waals surface area contributed by atoms with E-state index in [1.165, 1.54) is 6.07 Å². The van der Waals surface area contributed by atoms with Crippen LogP contribution in [-0.2, 0) is 6.54 Å². The summed E-state index contributed by atoms with van der Waals surface area (Å²) in [4.78, 5) is 2.11. The molecule has 0 unspecified atom stereocenters. The second-order valence-corrected chi connectivity index (χ2v) is 5.31. The van der Waals surface area contributed by atoms with Gasteiger partial charge in [-0.25, -0.2) is 4.39 Å². The highest BCUT2D eigenvalue weighted by molar-refractivity contribution is 5.97. The van der Waals surface area contributed by atoms with Crippen LogP contribution >= 0.6 is 0 Å². The van der Waals surface area contributed by atoms with Gasteiger partial charge in [-0.2, -0.15) is 0 Å². The van der Waals surface area contributed by atoms with Crippen LogP contribution in [0.25, 0.3) is 0 Å². The molecule has 0 aliphatic heterocycles. The Bertz CT molecular complexity index is 472. The van der Waals surface area contributed by atoms with Crippen LogP contribution in [0.3, 0.4) is 0 Å². The lowest BCUT2D eigenvalue weighted by molar-refractivity contribution is 0.141. The van der Waals surface area contributed by atoms with E-state index < -0.39 is 0 Å². The summed E-state index contributed by atoms with van der Waals surface area (Å²) in [5, 5.41) is 11.4. The Labute approximate surface area is 113 Å². The maximum Gasteiger partial charge on any atom is 0.170 e. The minimum Gasteiger partial charge on any atom is -0.409 e. The van der Waals surface area contributed by atoms with Gasteiger partial charge in [0, 0.05) is 23.2 Å². The van der Waals surface area contributed by atoms with Crippen LogP contribution in [-0.4, -0.2) is 28.5 Å². The molecule has 0 amide bonds. The summed E-state index contributed by atoms with van der Waals surface area (Å²) in [7, 11) is 1.97. The van der Waals surface area contributed by atoms with Gasteiger partial charge in [0.05, 0.1) is 0 Å². The quantitative estimate of drug-likeness (QED) is 0.373. The third-order valence-corrected chi connectivity index (χ3v) is 3.76. The van der Waals surface area contributed by atoms with E-state index in [0.717, 1.165) is 6.42 Å². The number of oxime groups is 1. The van der Waals surface area contributed by atoms with Crippen molar-refractivity contribution in [1.82, 2.24) is 4.90 Å². The number of benzene rings is 1. The molecule has 1 rings (SSSR count). The molecule has 0 radical (unpaired) electrons. The predicted octanol–water partition coefficient (Wildman–Crippen LogP) is 2.54. The molecule has 0 heterocycles. The zero-order valence-corrected chi connectivity index (χ0v) is 11.9. The smallest absolute Gasteiger partial charge is 0.170 e. The summed E-state index contributed by atoms with van der Waals surface area (Å²) in [5.41, 5.74) is 6.41. The first-order valence-electron chi connectivity index (χ1n) is 6.29. The summed E-state index contributed by atoms with van der Waals surface area (Å²) < 4.78 is 14.0. The standard InChI is InChI=1S/C14H22FN3O/c1-5-14(2,3)18(4)9-11-7-6-10(8-12(11)15)13(16)17-19/h6-8,19H,5,9H2,1-4H3,(H2,16,17). The summed E-state index contributed by atoms with van der Waals surface area (Å²) in [6.07, 6.45) is 0.979. The van der Waals surface area contributed by atoms with Gasteiger partial charge in [0.1, 0.15) is 5.82 Å². The molecule has 19 heavy (non-hydrogen) atoms. The molecular weight excluding hydrogens is 245 g/mol. The fourth-order valence-electron chi connectivity index (χ4n) is 1.63. The van der Waals surface area contributed by atoms with Crippen LogP contribution in [0.5, 0.6) is 0 Å². The molecule has 0 fully saturated rings. The third-order valence-electron chi connectivity index (χ3n) is 3.76. The highest BCUT2D eigenvalue weighted by Crippen LogP contribution is 2.20. The monoisotopic (exact) mass is 267 g/mol. The fourth-order valence-corrected chi connectivity index (χ4v) is 1.63. The first kappa shape index (κ1) is 15.4. The van der Waals surface area contributed by atoms with Crippen LogP contribution in [0.2, 0.25) is 0 Å². The molecule has 0 aliphatic rings. The first-order valence-corrected chi connectivity index (χ1v) is 6.29. The molecule has 5 heteroatoms. The van der Waals surface area contributed by atoms with E-state index in [1.54, 1.807) is 12.1 Å². The Morgan fingerprint density at radius 3 is 2.58 bits per heavy atom.